The van der Waals surface area contributed by atoms with Gasteiger partial charge >= 0.3 is 11.9 Å². The summed E-state index contributed by atoms with van der Waals surface area (Å²) in [4.78, 5) is 39.0. The summed E-state index contributed by atoms with van der Waals surface area (Å²) < 4.78 is 9.95. The largest absolute Gasteiger partial charge is 0.461 e. The third-order valence-electron chi connectivity index (χ3n) is 3.82. The zero-order valence-corrected chi connectivity index (χ0v) is 16.1. The van der Waals surface area contributed by atoms with E-state index in [-0.39, 0.29) is 12.3 Å². The fourth-order valence-corrected chi connectivity index (χ4v) is 2.70. The number of ketones is 1. The molecule has 0 spiro atoms. The SMILES string of the molecule is CCOC(=O)c1[nH]c(C)c(C(=O)COC(=O)/C=C/c2ccc(Cl)cc2)c1C. The number of H-pyrrole nitrogens is 1. The molecule has 0 aliphatic carbocycles. The van der Waals surface area contributed by atoms with Crippen molar-refractivity contribution in [1.82, 2.24) is 4.98 Å². The first-order chi connectivity index (χ1) is 12.8. The molecule has 0 amide bonds. The van der Waals surface area contributed by atoms with Crippen LogP contribution in [0.4, 0.5) is 0 Å². The molecule has 0 unspecified atom stereocenters. The van der Waals surface area contributed by atoms with Crippen molar-refractivity contribution in [3.63, 3.8) is 0 Å². The first kappa shape index (κ1) is 20.5. The van der Waals surface area contributed by atoms with Crippen molar-refractivity contribution >= 4 is 35.4 Å². The summed E-state index contributed by atoms with van der Waals surface area (Å²) in [7, 11) is 0. The lowest BCUT2D eigenvalue weighted by atomic mass is 10.1. The molecule has 1 N–H and O–H groups in total. The van der Waals surface area contributed by atoms with Crippen LogP contribution < -0.4 is 0 Å². The number of ether oxygens (including phenoxy) is 2. The van der Waals surface area contributed by atoms with Gasteiger partial charge in [-0.1, -0.05) is 23.7 Å². The molecule has 1 heterocycles. The number of Topliss-reactive ketones (excluding diaryl/α,β-unsaturated/α-hetero) is 1. The number of aromatic nitrogens is 1. The minimum atomic E-state index is -0.644. The van der Waals surface area contributed by atoms with E-state index in [1.54, 1.807) is 51.1 Å². The smallest absolute Gasteiger partial charge is 0.355 e. The van der Waals surface area contributed by atoms with E-state index in [0.717, 1.165) is 5.56 Å². The molecule has 1 aromatic heterocycles. The molecule has 0 aliphatic heterocycles. The molecular formula is C20H20ClNO5. The molecule has 2 rings (SSSR count). The van der Waals surface area contributed by atoms with E-state index in [2.05, 4.69) is 4.98 Å². The Morgan fingerprint density at radius 1 is 1.11 bits per heavy atom. The Kier molecular flexibility index (Phi) is 6.96. The van der Waals surface area contributed by atoms with Crippen LogP contribution >= 0.6 is 11.6 Å². The summed E-state index contributed by atoms with van der Waals surface area (Å²) in [5.41, 5.74) is 2.33. The van der Waals surface area contributed by atoms with Crippen LogP contribution in [0.25, 0.3) is 6.08 Å². The van der Waals surface area contributed by atoms with Crippen molar-refractivity contribution in [3.05, 3.63) is 63.4 Å². The van der Waals surface area contributed by atoms with E-state index in [1.807, 2.05) is 0 Å². The molecule has 0 atom stereocenters. The van der Waals surface area contributed by atoms with Gasteiger partial charge in [0.05, 0.1) is 6.61 Å². The van der Waals surface area contributed by atoms with E-state index < -0.39 is 24.3 Å². The highest BCUT2D eigenvalue weighted by atomic mass is 35.5. The Balaban J connectivity index is 2.00. The van der Waals surface area contributed by atoms with Gasteiger partial charge in [-0.25, -0.2) is 9.59 Å². The Bertz CT molecular complexity index is 881. The van der Waals surface area contributed by atoms with E-state index in [0.29, 0.717) is 21.8 Å². The topological polar surface area (TPSA) is 85.5 Å². The third kappa shape index (κ3) is 5.31. The van der Waals surface area contributed by atoms with Crippen molar-refractivity contribution in [2.24, 2.45) is 0 Å². The summed E-state index contributed by atoms with van der Waals surface area (Å²) in [5.74, 6) is -1.57. The highest BCUT2D eigenvalue weighted by molar-refractivity contribution is 6.30. The van der Waals surface area contributed by atoms with Gasteiger partial charge in [0.1, 0.15) is 5.69 Å². The molecular weight excluding hydrogens is 370 g/mol. The van der Waals surface area contributed by atoms with Crippen molar-refractivity contribution in [2.75, 3.05) is 13.2 Å². The fraction of sp³-hybridized carbons (Fsp3) is 0.250. The number of benzene rings is 1. The minimum absolute atomic E-state index is 0.228. The van der Waals surface area contributed by atoms with Crippen LogP contribution in [-0.2, 0) is 14.3 Å². The number of esters is 2. The number of aromatic amines is 1. The fourth-order valence-electron chi connectivity index (χ4n) is 2.57. The third-order valence-corrected chi connectivity index (χ3v) is 4.08. The number of carbonyl (C=O) groups excluding carboxylic acids is 3. The van der Waals surface area contributed by atoms with E-state index in [1.165, 1.54) is 6.08 Å². The second-order valence-electron chi connectivity index (χ2n) is 5.76. The van der Waals surface area contributed by atoms with Crippen LogP contribution in [-0.4, -0.2) is 35.9 Å². The van der Waals surface area contributed by atoms with Crippen LogP contribution in [0, 0.1) is 13.8 Å². The van der Waals surface area contributed by atoms with E-state index in [9.17, 15) is 14.4 Å². The quantitative estimate of drug-likeness (QED) is 0.441. The van der Waals surface area contributed by atoms with Gasteiger partial charge in [0.15, 0.2) is 6.61 Å². The number of aryl methyl sites for hydroxylation is 1. The van der Waals surface area contributed by atoms with Gasteiger partial charge in [-0.3, -0.25) is 4.79 Å². The second-order valence-corrected chi connectivity index (χ2v) is 6.20. The van der Waals surface area contributed by atoms with Crippen LogP contribution in [0.2, 0.25) is 5.02 Å². The Labute approximate surface area is 162 Å². The predicted octanol–water partition coefficient (Wildman–Crippen LogP) is 3.90. The van der Waals surface area contributed by atoms with Crippen molar-refractivity contribution in [3.8, 4) is 0 Å². The maximum absolute atomic E-state index is 12.4. The summed E-state index contributed by atoms with van der Waals surface area (Å²) in [5, 5.41) is 0.597. The van der Waals surface area contributed by atoms with Crippen molar-refractivity contribution in [1.29, 1.82) is 0 Å². The number of nitrogens with one attached hydrogen (secondary N) is 1. The van der Waals surface area contributed by atoms with Gasteiger partial charge in [0.25, 0.3) is 0 Å². The molecule has 6 nitrogen and oxygen atoms in total. The van der Waals surface area contributed by atoms with Crippen molar-refractivity contribution < 1.29 is 23.9 Å². The number of hydrogen-bond donors (Lipinski definition) is 1. The van der Waals surface area contributed by atoms with Gasteiger partial charge in [-0.2, -0.15) is 0 Å². The summed E-state index contributed by atoms with van der Waals surface area (Å²) in [6.07, 6.45) is 2.80. The highest BCUT2D eigenvalue weighted by Gasteiger charge is 2.23. The molecule has 0 saturated heterocycles. The number of hydrogen-bond acceptors (Lipinski definition) is 5. The van der Waals surface area contributed by atoms with Crippen LogP contribution in [0.5, 0.6) is 0 Å². The van der Waals surface area contributed by atoms with E-state index in [4.69, 9.17) is 21.1 Å². The Morgan fingerprint density at radius 2 is 1.78 bits per heavy atom. The Hall–Kier alpha value is -2.86. The first-order valence-electron chi connectivity index (χ1n) is 8.33. The van der Waals surface area contributed by atoms with Gasteiger partial charge in [-0.05, 0) is 50.1 Å². The zero-order chi connectivity index (χ0) is 20.0. The lowest BCUT2D eigenvalue weighted by Crippen LogP contribution is -2.14. The lowest BCUT2D eigenvalue weighted by Gasteiger charge is -2.04. The zero-order valence-electron chi connectivity index (χ0n) is 15.3. The normalized spacial score (nSPS) is 10.8. The molecule has 0 bridgehead atoms. The summed E-state index contributed by atoms with van der Waals surface area (Å²) in [6.45, 7) is 4.82. The van der Waals surface area contributed by atoms with Crippen LogP contribution in [0.15, 0.2) is 30.3 Å². The van der Waals surface area contributed by atoms with Gasteiger partial charge < -0.3 is 14.5 Å². The molecule has 1 aromatic carbocycles. The standard InChI is InChI=1S/C20H20ClNO5/c1-4-26-20(25)19-12(2)18(13(3)22-19)16(23)11-27-17(24)10-7-14-5-8-15(21)9-6-14/h5-10,22H,4,11H2,1-3H3/b10-7+. The molecule has 0 saturated carbocycles. The summed E-state index contributed by atoms with van der Waals surface area (Å²) in [6, 6.07) is 6.91. The highest BCUT2D eigenvalue weighted by Crippen LogP contribution is 2.19. The van der Waals surface area contributed by atoms with Crippen molar-refractivity contribution in [2.45, 2.75) is 20.8 Å². The lowest BCUT2D eigenvalue weighted by molar-refractivity contribution is -0.136. The predicted molar refractivity (Wildman–Crippen MR) is 102 cm³/mol. The molecule has 0 radical (unpaired) electrons. The van der Waals surface area contributed by atoms with E-state index >= 15 is 0 Å². The molecule has 0 aliphatic rings. The van der Waals surface area contributed by atoms with Gasteiger partial charge in [0, 0.05) is 22.4 Å². The summed E-state index contributed by atoms with van der Waals surface area (Å²) >= 11 is 5.80. The van der Waals surface area contributed by atoms with Gasteiger partial charge in [0.2, 0.25) is 5.78 Å². The number of rotatable bonds is 7. The average Bonchev–Trinajstić information content (AvgIpc) is 2.94. The molecule has 27 heavy (non-hydrogen) atoms. The second kappa shape index (κ2) is 9.19. The first-order valence-corrected chi connectivity index (χ1v) is 8.71. The molecule has 7 heteroatoms. The Morgan fingerprint density at radius 3 is 2.41 bits per heavy atom. The average molecular weight is 390 g/mol. The minimum Gasteiger partial charge on any atom is -0.461 e. The molecule has 0 fully saturated rings. The molecule has 142 valence electrons. The van der Waals surface area contributed by atoms with Crippen LogP contribution in [0.3, 0.4) is 0 Å². The van der Waals surface area contributed by atoms with Gasteiger partial charge in [-0.15, -0.1) is 0 Å². The number of halogens is 1. The number of carbonyl (C=O) groups is 3. The molecule has 2 aromatic rings. The van der Waals surface area contributed by atoms with Crippen LogP contribution in [0.1, 0.15) is 44.6 Å². The maximum Gasteiger partial charge on any atom is 0.355 e. The maximum atomic E-state index is 12.4. The monoisotopic (exact) mass is 389 g/mol.